The monoisotopic (exact) mass is 312 g/mol. The third-order valence-electron chi connectivity index (χ3n) is 3.77. The predicted octanol–water partition coefficient (Wildman–Crippen LogP) is 3.69. The maximum Gasteiger partial charge on any atom is 0.104 e. The summed E-state index contributed by atoms with van der Waals surface area (Å²) in [6.45, 7) is 2.14. The number of rotatable bonds is 6. The molecule has 124 valence electrons. The van der Waals surface area contributed by atoms with Crippen molar-refractivity contribution < 1.29 is 8.97 Å². The fourth-order valence-electron chi connectivity index (χ4n) is 2.86. The van der Waals surface area contributed by atoms with E-state index in [1.165, 1.54) is 22.3 Å². The van der Waals surface area contributed by atoms with Gasteiger partial charge in [-0.25, -0.2) is 0 Å². The summed E-state index contributed by atoms with van der Waals surface area (Å²) in [6, 6.07) is 18.1. The molecule has 0 heterocycles. The fourth-order valence-corrected chi connectivity index (χ4v) is 2.86. The first-order valence-corrected chi connectivity index (χ1v) is 8.37. The van der Waals surface area contributed by atoms with Gasteiger partial charge < -0.3 is 8.97 Å². The van der Waals surface area contributed by atoms with E-state index in [4.69, 9.17) is 0 Å². The Labute approximate surface area is 142 Å². The van der Waals surface area contributed by atoms with Crippen molar-refractivity contribution >= 4 is 0 Å². The smallest absolute Gasteiger partial charge is 0.104 e. The molecule has 0 aliphatic heterocycles. The number of nitrogens with zero attached hydrogens (tertiary/aromatic N) is 2. The molecule has 0 saturated heterocycles. The first-order valence-electron chi connectivity index (χ1n) is 8.37. The van der Waals surface area contributed by atoms with Crippen molar-refractivity contribution in [1.82, 2.24) is 0 Å². The van der Waals surface area contributed by atoms with Crippen LogP contribution in [0, 0.1) is 0 Å². The van der Waals surface area contributed by atoms with Crippen molar-refractivity contribution in [2.24, 2.45) is 0 Å². The molecule has 0 N–H and O–H groups in total. The first-order chi connectivity index (χ1) is 10.6. The van der Waals surface area contributed by atoms with Gasteiger partial charge in [0.1, 0.15) is 13.1 Å². The molecule has 2 aromatic rings. The quantitative estimate of drug-likeness (QED) is 0.714. The lowest BCUT2D eigenvalue weighted by Crippen LogP contribution is -2.33. The summed E-state index contributed by atoms with van der Waals surface area (Å²) in [5, 5.41) is 0. The van der Waals surface area contributed by atoms with Crippen LogP contribution in [0.2, 0.25) is 0 Å². The summed E-state index contributed by atoms with van der Waals surface area (Å²) < 4.78 is 1.93. The molecule has 0 fully saturated rings. The molecule has 0 amide bonds. The number of benzene rings is 2. The maximum absolute atomic E-state index is 2.27. The number of hydrogen-bond acceptors (Lipinski definition) is 0. The van der Waals surface area contributed by atoms with Gasteiger partial charge in [-0.15, -0.1) is 0 Å². The Morgan fingerprint density at radius 2 is 0.739 bits per heavy atom. The first kappa shape index (κ1) is 17.7. The van der Waals surface area contributed by atoms with E-state index in [2.05, 4.69) is 90.8 Å². The van der Waals surface area contributed by atoms with Crippen molar-refractivity contribution in [2.75, 3.05) is 42.3 Å². The van der Waals surface area contributed by atoms with Crippen LogP contribution in [0.15, 0.2) is 48.5 Å². The van der Waals surface area contributed by atoms with Gasteiger partial charge in [0, 0.05) is 11.1 Å². The molecule has 0 aliphatic carbocycles. The molecule has 0 radical (unpaired) electrons. The normalized spacial score (nSPS) is 12.4. The third kappa shape index (κ3) is 6.55. The Morgan fingerprint density at radius 1 is 0.478 bits per heavy atom. The SMILES string of the molecule is C[N+](C)(C)Cc1ccc(Cc2ccc(C[N+](C)(C)C)cc2)cc1. The van der Waals surface area contributed by atoms with Crippen LogP contribution in [-0.2, 0) is 19.5 Å². The van der Waals surface area contributed by atoms with E-state index in [9.17, 15) is 0 Å². The Hall–Kier alpha value is -1.64. The van der Waals surface area contributed by atoms with E-state index in [0.717, 1.165) is 28.5 Å². The largest absolute Gasteiger partial charge is 0.327 e. The minimum absolute atomic E-state index is 0.965. The van der Waals surface area contributed by atoms with Gasteiger partial charge >= 0.3 is 0 Å². The van der Waals surface area contributed by atoms with Gasteiger partial charge in [-0.1, -0.05) is 48.5 Å². The molecular formula is C21H32N2+2. The van der Waals surface area contributed by atoms with Gasteiger partial charge in [0.05, 0.1) is 42.3 Å². The van der Waals surface area contributed by atoms with Crippen molar-refractivity contribution in [3.8, 4) is 0 Å². The van der Waals surface area contributed by atoms with Crippen LogP contribution in [-0.4, -0.2) is 51.3 Å². The lowest BCUT2D eigenvalue weighted by molar-refractivity contribution is -0.884. The van der Waals surface area contributed by atoms with Gasteiger partial charge in [0.2, 0.25) is 0 Å². The molecule has 0 bridgehead atoms. The molecule has 2 rings (SSSR count). The van der Waals surface area contributed by atoms with Crippen LogP contribution in [0.5, 0.6) is 0 Å². The van der Waals surface area contributed by atoms with Crippen LogP contribution >= 0.6 is 0 Å². The van der Waals surface area contributed by atoms with E-state index in [1.54, 1.807) is 0 Å². The van der Waals surface area contributed by atoms with Gasteiger partial charge in [0.15, 0.2) is 0 Å². The van der Waals surface area contributed by atoms with E-state index in [-0.39, 0.29) is 0 Å². The molecule has 2 nitrogen and oxygen atoms in total. The Kier molecular flexibility index (Phi) is 5.28. The van der Waals surface area contributed by atoms with Crippen LogP contribution in [0.25, 0.3) is 0 Å². The summed E-state index contributed by atoms with van der Waals surface area (Å²) in [6.07, 6.45) is 1.01. The van der Waals surface area contributed by atoms with Crippen molar-refractivity contribution in [3.05, 3.63) is 70.8 Å². The lowest BCUT2D eigenvalue weighted by Gasteiger charge is -2.24. The summed E-state index contributed by atoms with van der Waals surface area (Å²) in [5.41, 5.74) is 5.57. The average molecular weight is 313 g/mol. The zero-order valence-corrected chi connectivity index (χ0v) is 15.6. The van der Waals surface area contributed by atoms with Crippen molar-refractivity contribution in [1.29, 1.82) is 0 Å². The Morgan fingerprint density at radius 3 is 1.00 bits per heavy atom. The van der Waals surface area contributed by atoms with Crippen LogP contribution < -0.4 is 0 Å². The molecule has 0 spiro atoms. The minimum atomic E-state index is 0.965. The standard InChI is InChI=1S/C21H32N2/c1-22(2,3)16-20-11-7-18(8-12-20)15-19-9-13-21(14-10-19)17-23(4,5)6/h7-14H,15-17H2,1-6H3/q+2. The summed E-state index contributed by atoms with van der Waals surface area (Å²) in [7, 11) is 13.4. The molecule has 2 aromatic carbocycles. The zero-order valence-electron chi connectivity index (χ0n) is 15.6. The molecule has 0 unspecified atom stereocenters. The molecule has 23 heavy (non-hydrogen) atoms. The van der Waals surface area contributed by atoms with Gasteiger partial charge in [-0.2, -0.15) is 0 Å². The highest BCUT2D eigenvalue weighted by atomic mass is 15.3. The van der Waals surface area contributed by atoms with E-state index in [0.29, 0.717) is 0 Å². The second-order valence-corrected chi connectivity index (χ2v) is 8.71. The van der Waals surface area contributed by atoms with Gasteiger partial charge in [-0.3, -0.25) is 0 Å². The van der Waals surface area contributed by atoms with Crippen LogP contribution in [0.1, 0.15) is 22.3 Å². The number of hydrogen-bond donors (Lipinski definition) is 0. The molecule has 0 aromatic heterocycles. The Bertz CT molecular complexity index is 553. The second-order valence-electron chi connectivity index (χ2n) is 8.71. The highest BCUT2D eigenvalue weighted by Crippen LogP contribution is 2.15. The minimum Gasteiger partial charge on any atom is -0.327 e. The zero-order chi connectivity index (χ0) is 17.1. The lowest BCUT2D eigenvalue weighted by atomic mass is 10.0. The van der Waals surface area contributed by atoms with Crippen LogP contribution in [0.3, 0.4) is 0 Å². The van der Waals surface area contributed by atoms with E-state index < -0.39 is 0 Å². The third-order valence-corrected chi connectivity index (χ3v) is 3.77. The molecule has 0 atom stereocenters. The fraction of sp³-hybridized carbons (Fsp3) is 0.429. The van der Waals surface area contributed by atoms with Crippen molar-refractivity contribution in [2.45, 2.75) is 19.5 Å². The highest BCUT2D eigenvalue weighted by molar-refractivity contribution is 5.30. The van der Waals surface area contributed by atoms with Crippen LogP contribution in [0.4, 0.5) is 0 Å². The predicted molar refractivity (Wildman–Crippen MR) is 99.2 cm³/mol. The molecule has 2 heteroatoms. The number of quaternary nitrogens is 2. The Balaban J connectivity index is 1.99. The second kappa shape index (κ2) is 6.86. The van der Waals surface area contributed by atoms with Crippen molar-refractivity contribution in [3.63, 3.8) is 0 Å². The van der Waals surface area contributed by atoms with E-state index in [1.807, 2.05) is 0 Å². The molecular weight excluding hydrogens is 280 g/mol. The topological polar surface area (TPSA) is 0 Å². The maximum atomic E-state index is 2.27. The highest BCUT2D eigenvalue weighted by Gasteiger charge is 2.09. The van der Waals surface area contributed by atoms with Gasteiger partial charge in [-0.05, 0) is 17.5 Å². The molecule has 0 saturated carbocycles. The summed E-state index contributed by atoms with van der Waals surface area (Å²) >= 11 is 0. The summed E-state index contributed by atoms with van der Waals surface area (Å²) in [5.74, 6) is 0. The van der Waals surface area contributed by atoms with E-state index >= 15 is 0 Å². The average Bonchev–Trinajstić information content (AvgIpc) is 2.40. The van der Waals surface area contributed by atoms with Gasteiger partial charge in [0.25, 0.3) is 0 Å². The molecule has 0 aliphatic rings. The summed E-state index contributed by atoms with van der Waals surface area (Å²) in [4.78, 5) is 0.